The van der Waals surface area contributed by atoms with Crippen molar-refractivity contribution in [2.45, 2.75) is 51.5 Å². The van der Waals surface area contributed by atoms with E-state index in [2.05, 4.69) is 20.5 Å². The van der Waals surface area contributed by atoms with Gasteiger partial charge < -0.3 is 15.5 Å². The number of nitrogens with one attached hydrogen (secondary N) is 2. The van der Waals surface area contributed by atoms with Crippen molar-refractivity contribution in [2.75, 3.05) is 32.5 Å². The lowest BCUT2D eigenvalue weighted by atomic mass is 9.96. The molecule has 1 heterocycles. The molecule has 0 bridgehead atoms. The van der Waals surface area contributed by atoms with E-state index in [0.29, 0.717) is 12.6 Å². The summed E-state index contributed by atoms with van der Waals surface area (Å²) in [4.78, 5) is 19.6. The van der Waals surface area contributed by atoms with E-state index in [-0.39, 0.29) is 5.91 Å². The van der Waals surface area contributed by atoms with Crippen LogP contribution in [0.15, 0.2) is 0 Å². The molecule has 0 unspecified atom stereocenters. The van der Waals surface area contributed by atoms with Crippen LogP contribution in [-0.4, -0.2) is 49.0 Å². The van der Waals surface area contributed by atoms with Crippen LogP contribution in [0.4, 0.5) is 5.13 Å². The van der Waals surface area contributed by atoms with Crippen molar-refractivity contribution in [2.24, 2.45) is 0 Å². The monoisotopic (exact) mass is 324 g/mol. The predicted octanol–water partition coefficient (Wildman–Crippen LogP) is 2.88. The third-order valence-electron chi connectivity index (χ3n) is 4.00. The number of hydrogen-bond acceptors (Lipinski definition) is 5. The fourth-order valence-corrected chi connectivity index (χ4v) is 3.73. The summed E-state index contributed by atoms with van der Waals surface area (Å²) < 4.78 is 0. The van der Waals surface area contributed by atoms with Gasteiger partial charge in [0, 0.05) is 12.6 Å². The summed E-state index contributed by atoms with van der Waals surface area (Å²) >= 11 is 1.48. The fraction of sp³-hybridized carbons (Fsp3) is 0.750. The summed E-state index contributed by atoms with van der Waals surface area (Å²) in [6, 6.07) is 0.523. The molecule has 1 saturated carbocycles. The van der Waals surface area contributed by atoms with Gasteiger partial charge in [-0.05, 0) is 46.8 Å². The second kappa shape index (κ2) is 8.48. The van der Waals surface area contributed by atoms with Gasteiger partial charge in [-0.1, -0.05) is 30.6 Å². The third-order valence-corrected chi connectivity index (χ3v) is 5.09. The maximum Gasteiger partial charge on any atom is 0.263 e. The van der Waals surface area contributed by atoms with Crippen molar-refractivity contribution < 1.29 is 4.79 Å². The molecule has 22 heavy (non-hydrogen) atoms. The van der Waals surface area contributed by atoms with Crippen molar-refractivity contribution in [3.8, 4) is 0 Å². The maximum atomic E-state index is 12.2. The Kier molecular flexibility index (Phi) is 6.64. The molecule has 0 spiro atoms. The Labute approximate surface area is 137 Å². The first-order valence-electron chi connectivity index (χ1n) is 8.23. The van der Waals surface area contributed by atoms with E-state index in [0.717, 1.165) is 28.7 Å². The molecule has 2 N–H and O–H groups in total. The van der Waals surface area contributed by atoms with Gasteiger partial charge in [-0.2, -0.15) is 0 Å². The van der Waals surface area contributed by atoms with Gasteiger partial charge in [-0.15, -0.1) is 0 Å². The van der Waals surface area contributed by atoms with E-state index in [1.54, 1.807) is 0 Å². The molecule has 0 radical (unpaired) electrons. The number of amides is 1. The summed E-state index contributed by atoms with van der Waals surface area (Å²) in [5.74, 6) is 0.00505. The molecule has 2 rings (SSSR count). The second-order valence-electron chi connectivity index (χ2n) is 6.33. The second-order valence-corrected chi connectivity index (χ2v) is 7.32. The van der Waals surface area contributed by atoms with Crippen LogP contribution >= 0.6 is 11.3 Å². The Bertz CT molecular complexity index is 480. The minimum absolute atomic E-state index is 0.00505. The van der Waals surface area contributed by atoms with Crippen LogP contribution in [0.2, 0.25) is 0 Å². The van der Waals surface area contributed by atoms with Gasteiger partial charge in [-0.3, -0.25) is 4.79 Å². The zero-order valence-corrected chi connectivity index (χ0v) is 14.8. The Hall–Kier alpha value is -1.14. The molecular weight excluding hydrogens is 296 g/mol. The van der Waals surface area contributed by atoms with Crippen LogP contribution in [0.3, 0.4) is 0 Å². The van der Waals surface area contributed by atoms with Gasteiger partial charge >= 0.3 is 0 Å². The van der Waals surface area contributed by atoms with Crippen molar-refractivity contribution in [3.05, 3.63) is 10.6 Å². The molecule has 5 nitrogen and oxygen atoms in total. The minimum Gasteiger partial charge on any atom is -0.359 e. The number of carbonyl (C=O) groups excluding carboxylic acids is 1. The number of anilines is 1. The Morgan fingerprint density at radius 1 is 1.32 bits per heavy atom. The standard InChI is InChI=1S/C16H28N4OS/c1-12-14(15(21)17-10-7-11-20(2)3)22-16(18-12)19-13-8-5-4-6-9-13/h13H,4-11H2,1-3H3,(H,17,21)(H,18,19). The highest BCUT2D eigenvalue weighted by atomic mass is 32.1. The van der Waals surface area contributed by atoms with E-state index >= 15 is 0 Å². The molecule has 0 aliphatic heterocycles. The normalized spacial score (nSPS) is 16.0. The number of aromatic nitrogens is 1. The van der Waals surface area contributed by atoms with Crippen LogP contribution < -0.4 is 10.6 Å². The summed E-state index contributed by atoms with van der Waals surface area (Å²) in [6.07, 6.45) is 7.32. The number of nitrogens with zero attached hydrogens (tertiary/aromatic N) is 2. The Morgan fingerprint density at radius 2 is 2.05 bits per heavy atom. The molecule has 0 aromatic carbocycles. The first kappa shape index (κ1) is 17.2. The lowest BCUT2D eigenvalue weighted by Gasteiger charge is -2.22. The maximum absolute atomic E-state index is 12.2. The van der Waals surface area contributed by atoms with Crippen LogP contribution in [0.5, 0.6) is 0 Å². The molecule has 1 aromatic rings. The van der Waals surface area contributed by atoms with Crippen LogP contribution in [0.25, 0.3) is 0 Å². The van der Waals surface area contributed by atoms with Crippen molar-refractivity contribution in [3.63, 3.8) is 0 Å². The molecule has 1 amide bonds. The summed E-state index contributed by atoms with van der Waals surface area (Å²) in [6.45, 7) is 3.60. The minimum atomic E-state index is 0.00505. The van der Waals surface area contributed by atoms with E-state index in [1.165, 1.54) is 43.4 Å². The van der Waals surface area contributed by atoms with Gasteiger partial charge in [0.2, 0.25) is 0 Å². The number of thiazole rings is 1. The van der Waals surface area contributed by atoms with Crippen LogP contribution in [0, 0.1) is 6.92 Å². The van der Waals surface area contributed by atoms with Crippen molar-refractivity contribution in [1.82, 2.24) is 15.2 Å². The van der Waals surface area contributed by atoms with E-state index in [9.17, 15) is 4.79 Å². The first-order valence-corrected chi connectivity index (χ1v) is 9.05. The van der Waals surface area contributed by atoms with Gasteiger partial charge in [-0.25, -0.2) is 4.98 Å². The van der Waals surface area contributed by atoms with Crippen LogP contribution in [-0.2, 0) is 0 Å². The quantitative estimate of drug-likeness (QED) is 0.757. The summed E-state index contributed by atoms with van der Waals surface area (Å²) in [5.41, 5.74) is 0.827. The fourth-order valence-electron chi connectivity index (χ4n) is 2.77. The average Bonchev–Trinajstić information content (AvgIpc) is 2.85. The average molecular weight is 324 g/mol. The largest absolute Gasteiger partial charge is 0.359 e. The molecule has 6 heteroatoms. The number of hydrogen-bond donors (Lipinski definition) is 2. The highest BCUT2D eigenvalue weighted by molar-refractivity contribution is 7.17. The molecule has 1 aliphatic rings. The van der Waals surface area contributed by atoms with E-state index in [1.807, 2.05) is 21.0 Å². The first-order chi connectivity index (χ1) is 10.6. The van der Waals surface area contributed by atoms with E-state index in [4.69, 9.17) is 0 Å². The molecule has 0 atom stereocenters. The zero-order valence-electron chi connectivity index (χ0n) is 13.9. The molecule has 1 aliphatic carbocycles. The molecule has 124 valence electrons. The molecular formula is C16H28N4OS. The lowest BCUT2D eigenvalue weighted by molar-refractivity contribution is 0.0955. The highest BCUT2D eigenvalue weighted by Crippen LogP contribution is 2.26. The van der Waals surface area contributed by atoms with E-state index < -0.39 is 0 Å². The SMILES string of the molecule is Cc1nc(NC2CCCCC2)sc1C(=O)NCCCN(C)C. The summed E-state index contributed by atoms with van der Waals surface area (Å²) in [5, 5.41) is 7.38. The third kappa shape index (κ3) is 5.25. The lowest BCUT2D eigenvalue weighted by Crippen LogP contribution is -2.26. The molecule has 1 aromatic heterocycles. The smallest absolute Gasteiger partial charge is 0.263 e. The van der Waals surface area contributed by atoms with Crippen LogP contribution in [0.1, 0.15) is 53.9 Å². The Balaban J connectivity index is 1.84. The predicted molar refractivity (Wildman–Crippen MR) is 92.9 cm³/mol. The Morgan fingerprint density at radius 3 is 2.73 bits per heavy atom. The molecule has 1 fully saturated rings. The van der Waals surface area contributed by atoms with Crippen molar-refractivity contribution >= 4 is 22.4 Å². The van der Waals surface area contributed by atoms with Gasteiger partial charge in [0.15, 0.2) is 5.13 Å². The van der Waals surface area contributed by atoms with Crippen molar-refractivity contribution in [1.29, 1.82) is 0 Å². The van der Waals surface area contributed by atoms with Gasteiger partial charge in [0.25, 0.3) is 5.91 Å². The topological polar surface area (TPSA) is 57.3 Å². The highest BCUT2D eigenvalue weighted by Gasteiger charge is 2.18. The number of aryl methyl sites for hydroxylation is 1. The zero-order chi connectivity index (χ0) is 15.9. The van der Waals surface area contributed by atoms with Gasteiger partial charge in [0.1, 0.15) is 4.88 Å². The number of rotatable bonds is 7. The van der Waals surface area contributed by atoms with Gasteiger partial charge in [0.05, 0.1) is 5.69 Å². The summed E-state index contributed by atoms with van der Waals surface area (Å²) in [7, 11) is 4.08. The molecule has 0 saturated heterocycles. The number of carbonyl (C=O) groups is 1.